The Morgan fingerprint density at radius 3 is 2.27 bits per heavy atom. The zero-order chi connectivity index (χ0) is 31.8. The van der Waals surface area contributed by atoms with Gasteiger partial charge in [-0.15, -0.1) is 0 Å². The topological polar surface area (TPSA) is 172 Å². The van der Waals surface area contributed by atoms with E-state index in [1.165, 1.54) is 6.42 Å². The van der Waals surface area contributed by atoms with Crippen molar-refractivity contribution in [3.05, 3.63) is 84.1 Å². The highest BCUT2D eigenvalue weighted by molar-refractivity contribution is 5.95. The van der Waals surface area contributed by atoms with Gasteiger partial charge in [0, 0.05) is 29.9 Å². The summed E-state index contributed by atoms with van der Waals surface area (Å²) in [4.78, 5) is 55.2. The molecular formula is C35H42N6O4. The lowest BCUT2D eigenvalue weighted by atomic mass is 9.85. The Balaban J connectivity index is 1.37. The SMILES string of the molecule is NC(=O)CNC(=O)[C@H](Cc1c[nH]c2ccccc12)NC(=O)[C@@H](Cc1ccc2ccccc2c1)NC(=O)[C@@H](N)CC1CCCCC1. The molecule has 1 aliphatic carbocycles. The number of amides is 4. The molecule has 0 aliphatic heterocycles. The van der Waals surface area contributed by atoms with Crippen molar-refractivity contribution >= 4 is 45.3 Å². The Kier molecular flexibility index (Phi) is 10.5. The maximum absolute atomic E-state index is 14.0. The number of carbonyl (C=O) groups is 4. The molecule has 4 aromatic rings. The molecule has 0 bridgehead atoms. The number of hydrogen-bond donors (Lipinski definition) is 6. The number of nitrogens with one attached hydrogen (secondary N) is 4. The van der Waals surface area contributed by atoms with E-state index in [4.69, 9.17) is 11.5 Å². The lowest BCUT2D eigenvalue weighted by Crippen LogP contribution is -2.57. The van der Waals surface area contributed by atoms with Gasteiger partial charge in [-0.2, -0.15) is 0 Å². The van der Waals surface area contributed by atoms with Gasteiger partial charge < -0.3 is 32.4 Å². The third kappa shape index (κ3) is 8.48. The van der Waals surface area contributed by atoms with E-state index < -0.39 is 41.8 Å². The summed E-state index contributed by atoms with van der Waals surface area (Å²) < 4.78 is 0. The normalized spacial score (nSPS) is 15.7. The molecule has 1 fully saturated rings. The van der Waals surface area contributed by atoms with Crippen LogP contribution in [0.4, 0.5) is 0 Å². The van der Waals surface area contributed by atoms with Crippen molar-refractivity contribution < 1.29 is 19.2 Å². The molecule has 236 valence electrons. The Bertz CT molecular complexity index is 1660. The Hall–Kier alpha value is -4.70. The molecule has 45 heavy (non-hydrogen) atoms. The molecule has 0 radical (unpaired) electrons. The van der Waals surface area contributed by atoms with Crippen LogP contribution >= 0.6 is 0 Å². The lowest BCUT2D eigenvalue weighted by Gasteiger charge is -2.27. The molecule has 0 spiro atoms. The van der Waals surface area contributed by atoms with Crippen molar-refractivity contribution in [3.8, 4) is 0 Å². The maximum Gasteiger partial charge on any atom is 0.243 e. The molecule has 1 aromatic heterocycles. The zero-order valence-electron chi connectivity index (χ0n) is 25.4. The summed E-state index contributed by atoms with van der Waals surface area (Å²) in [6.07, 6.45) is 8.30. The number of aromatic nitrogens is 1. The first-order valence-electron chi connectivity index (χ1n) is 15.7. The molecule has 5 rings (SSSR count). The van der Waals surface area contributed by atoms with E-state index in [9.17, 15) is 19.2 Å². The number of hydrogen-bond acceptors (Lipinski definition) is 5. The summed E-state index contributed by atoms with van der Waals surface area (Å²) in [6, 6.07) is 18.7. The van der Waals surface area contributed by atoms with E-state index in [1.54, 1.807) is 6.20 Å². The second-order valence-electron chi connectivity index (χ2n) is 12.1. The van der Waals surface area contributed by atoms with E-state index in [0.717, 1.165) is 58.5 Å². The second-order valence-corrected chi connectivity index (χ2v) is 12.1. The molecule has 8 N–H and O–H groups in total. The lowest BCUT2D eigenvalue weighted by molar-refractivity contribution is -0.132. The third-order valence-electron chi connectivity index (χ3n) is 8.70. The fourth-order valence-corrected chi connectivity index (χ4v) is 6.28. The highest BCUT2D eigenvalue weighted by Gasteiger charge is 2.30. The summed E-state index contributed by atoms with van der Waals surface area (Å²) in [5, 5.41) is 11.3. The van der Waals surface area contributed by atoms with Crippen LogP contribution in [0.1, 0.15) is 49.7 Å². The molecule has 3 aromatic carbocycles. The van der Waals surface area contributed by atoms with Gasteiger partial charge in [0.05, 0.1) is 12.6 Å². The average Bonchev–Trinajstić information content (AvgIpc) is 3.45. The molecule has 10 heteroatoms. The summed E-state index contributed by atoms with van der Waals surface area (Å²) in [6.45, 7) is -0.369. The first-order valence-corrected chi connectivity index (χ1v) is 15.7. The van der Waals surface area contributed by atoms with Crippen LogP contribution in [0.15, 0.2) is 72.9 Å². The highest BCUT2D eigenvalue weighted by Crippen LogP contribution is 2.27. The van der Waals surface area contributed by atoms with Crippen LogP contribution in [0, 0.1) is 5.92 Å². The Morgan fingerprint density at radius 2 is 1.49 bits per heavy atom. The minimum absolute atomic E-state index is 0.151. The van der Waals surface area contributed by atoms with Crippen LogP contribution in [0.25, 0.3) is 21.7 Å². The van der Waals surface area contributed by atoms with E-state index >= 15 is 0 Å². The number of aromatic amines is 1. The number of para-hydroxylation sites is 1. The quantitative estimate of drug-likeness (QED) is 0.136. The molecular weight excluding hydrogens is 568 g/mol. The minimum atomic E-state index is -1.04. The summed E-state index contributed by atoms with van der Waals surface area (Å²) >= 11 is 0. The van der Waals surface area contributed by atoms with Crippen LogP contribution in [0.2, 0.25) is 0 Å². The molecule has 1 heterocycles. The monoisotopic (exact) mass is 610 g/mol. The molecule has 1 aliphatic rings. The predicted molar refractivity (Wildman–Crippen MR) is 175 cm³/mol. The molecule has 0 saturated heterocycles. The Labute approximate surface area is 262 Å². The standard InChI is InChI=1S/C35H42N6O4/c36-28(17-22-8-2-1-3-9-22)33(43)40-30(18-23-14-15-24-10-4-5-11-25(24)16-23)35(45)41-31(34(44)39-21-32(37)42)19-26-20-38-29-13-7-6-12-27(26)29/h4-7,10-16,20,22,28,30-31,38H,1-3,8-9,17-19,21,36H2,(H2,37,42)(H,39,44)(H,40,43)(H,41,45)/t28-,30+,31-/m0/s1. The van der Waals surface area contributed by atoms with Crippen molar-refractivity contribution in [1.82, 2.24) is 20.9 Å². The van der Waals surface area contributed by atoms with E-state index in [-0.39, 0.29) is 19.4 Å². The van der Waals surface area contributed by atoms with Gasteiger partial charge >= 0.3 is 0 Å². The smallest absolute Gasteiger partial charge is 0.243 e. The molecule has 4 amide bonds. The molecule has 10 nitrogen and oxygen atoms in total. The first-order chi connectivity index (χ1) is 21.8. The zero-order valence-corrected chi connectivity index (χ0v) is 25.4. The van der Waals surface area contributed by atoms with E-state index in [2.05, 4.69) is 20.9 Å². The van der Waals surface area contributed by atoms with Crippen molar-refractivity contribution in [1.29, 1.82) is 0 Å². The van der Waals surface area contributed by atoms with Crippen LogP contribution in [0.3, 0.4) is 0 Å². The largest absolute Gasteiger partial charge is 0.368 e. The van der Waals surface area contributed by atoms with Gasteiger partial charge in [-0.25, -0.2) is 0 Å². The number of nitrogens with two attached hydrogens (primary N) is 2. The number of fused-ring (bicyclic) bond motifs is 2. The first kappa shape index (κ1) is 31.7. The van der Waals surface area contributed by atoms with Crippen molar-refractivity contribution in [2.45, 2.75) is 69.5 Å². The summed E-state index contributed by atoms with van der Waals surface area (Å²) in [5.41, 5.74) is 14.2. The van der Waals surface area contributed by atoms with Gasteiger partial charge in [0.15, 0.2) is 0 Å². The van der Waals surface area contributed by atoms with E-state index in [0.29, 0.717) is 12.3 Å². The van der Waals surface area contributed by atoms with Crippen LogP contribution in [-0.4, -0.2) is 53.3 Å². The fourth-order valence-electron chi connectivity index (χ4n) is 6.28. The van der Waals surface area contributed by atoms with E-state index in [1.807, 2.05) is 66.7 Å². The average molecular weight is 611 g/mol. The van der Waals surface area contributed by atoms with Gasteiger partial charge in [0.1, 0.15) is 12.1 Å². The number of H-pyrrole nitrogens is 1. The summed E-state index contributed by atoms with van der Waals surface area (Å²) in [5.74, 6) is -1.79. The summed E-state index contributed by atoms with van der Waals surface area (Å²) in [7, 11) is 0. The maximum atomic E-state index is 14.0. The van der Waals surface area contributed by atoms with Crippen LogP contribution in [0.5, 0.6) is 0 Å². The van der Waals surface area contributed by atoms with Crippen LogP contribution in [-0.2, 0) is 32.0 Å². The van der Waals surface area contributed by atoms with Gasteiger partial charge in [-0.1, -0.05) is 92.8 Å². The fraction of sp³-hybridized carbons (Fsp3) is 0.371. The highest BCUT2D eigenvalue weighted by atomic mass is 16.2. The number of carbonyl (C=O) groups excluding carboxylic acids is 4. The van der Waals surface area contributed by atoms with Gasteiger partial charge in [-0.3, -0.25) is 19.2 Å². The Morgan fingerprint density at radius 1 is 0.800 bits per heavy atom. The third-order valence-corrected chi connectivity index (χ3v) is 8.70. The molecule has 0 unspecified atom stereocenters. The molecule has 1 saturated carbocycles. The second kappa shape index (κ2) is 14.9. The van der Waals surface area contributed by atoms with Gasteiger partial charge in [0.25, 0.3) is 0 Å². The van der Waals surface area contributed by atoms with Crippen molar-refractivity contribution in [2.75, 3.05) is 6.54 Å². The predicted octanol–water partition coefficient (Wildman–Crippen LogP) is 2.98. The number of benzene rings is 3. The number of rotatable bonds is 13. The van der Waals surface area contributed by atoms with Crippen molar-refractivity contribution in [3.63, 3.8) is 0 Å². The molecule has 3 atom stereocenters. The van der Waals surface area contributed by atoms with Gasteiger partial charge in [-0.05, 0) is 40.3 Å². The number of primary amides is 1. The van der Waals surface area contributed by atoms with Crippen molar-refractivity contribution in [2.24, 2.45) is 17.4 Å². The minimum Gasteiger partial charge on any atom is -0.368 e. The van der Waals surface area contributed by atoms with Gasteiger partial charge in [0.2, 0.25) is 23.6 Å². The van der Waals surface area contributed by atoms with Crippen LogP contribution < -0.4 is 27.4 Å².